The van der Waals surface area contributed by atoms with Crippen LogP contribution in [0.15, 0.2) is 53.7 Å². The van der Waals surface area contributed by atoms with Gasteiger partial charge in [0.2, 0.25) is 5.91 Å². The molecule has 1 aliphatic heterocycles. The second-order valence-electron chi connectivity index (χ2n) is 7.70. The lowest BCUT2D eigenvalue weighted by molar-refractivity contribution is -0.137. The number of rotatable bonds is 2. The second kappa shape index (κ2) is 7.58. The van der Waals surface area contributed by atoms with Crippen molar-refractivity contribution in [3.05, 3.63) is 75.4 Å². The van der Waals surface area contributed by atoms with Gasteiger partial charge in [0.15, 0.2) is 5.78 Å². The molecule has 1 aliphatic carbocycles. The minimum Gasteiger partial charge on any atom is -0.294 e. The Morgan fingerprint density at radius 1 is 1.07 bits per heavy atom. The minimum atomic E-state index is -4.57. The molecule has 7 heteroatoms. The number of carbonyl (C=O) groups excluding carboxylic acids is 2. The zero-order chi connectivity index (χ0) is 21.6. The van der Waals surface area contributed by atoms with Crippen LogP contribution in [0.25, 0.3) is 0 Å². The van der Waals surface area contributed by atoms with E-state index >= 15 is 0 Å². The summed E-state index contributed by atoms with van der Waals surface area (Å²) in [5, 5.41) is 0.0372. The standard InChI is InChI=1S/C23H19ClF3NO2/c1-13-4-2-5-14(10-13)16-12-21(30)28(18-6-3-7-20(29)22(16)18)19-11-15(23(25,26)27)8-9-17(19)24/h2,4-5,8-11,16H,3,6-7,12H2,1H3. The van der Waals surface area contributed by atoms with E-state index in [9.17, 15) is 22.8 Å². The maximum Gasteiger partial charge on any atom is 0.416 e. The van der Waals surface area contributed by atoms with E-state index in [4.69, 9.17) is 11.6 Å². The number of hydrogen-bond acceptors (Lipinski definition) is 2. The van der Waals surface area contributed by atoms with Crippen molar-refractivity contribution in [1.82, 2.24) is 0 Å². The molecule has 2 aliphatic rings. The van der Waals surface area contributed by atoms with Gasteiger partial charge in [-0.2, -0.15) is 13.2 Å². The van der Waals surface area contributed by atoms with Crippen LogP contribution < -0.4 is 4.90 Å². The Morgan fingerprint density at radius 2 is 1.83 bits per heavy atom. The number of amides is 1. The first kappa shape index (κ1) is 20.7. The molecular formula is C23H19ClF3NO2. The molecule has 0 N–H and O–H groups in total. The topological polar surface area (TPSA) is 37.4 Å². The van der Waals surface area contributed by atoms with Gasteiger partial charge in [-0.25, -0.2) is 0 Å². The summed E-state index contributed by atoms with van der Waals surface area (Å²) >= 11 is 6.22. The monoisotopic (exact) mass is 433 g/mol. The molecule has 0 fully saturated rings. The number of anilines is 1. The van der Waals surface area contributed by atoms with Gasteiger partial charge < -0.3 is 0 Å². The Kier molecular flexibility index (Phi) is 5.22. The molecule has 1 atom stereocenters. The lowest BCUT2D eigenvalue weighted by Crippen LogP contribution is -2.40. The average molecular weight is 434 g/mol. The molecule has 1 unspecified atom stereocenters. The number of carbonyl (C=O) groups is 2. The molecule has 0 radical (unpaired) electrons. The predicted octanol–water partition coefficient (Wildman–Crippen LogP) is 6.19. The minimum absolute atomic E-state index is 0.000596. The van der Waals surface area contributed by atoms with Crippen molar-refractivity contribution in [2.45, 2.75) is 44.7 Å². The van der Waals surface area contributed by atoms with Crippen LogP contribution in [0.1, 0.15) is 48.3 Å². The smallest absolute Gasteiger partial charge is 0.294 e. The Morgan fingerprint density at radius 3 is 2.53 bits per heavy atom. The van der Waals surface area contributed by atoms with E-state index < -0.39 is 17.7 Å². The van der Waals surface area contributed by atoms with Crippen LogP contribution in [-0.4, -0.2) is 11.7 Å². The van der Waals surface area contributed by atoms with Gasteiger partial charge >= 0.3 is 6.18 Å². The Labute approximate surface area is 177 Å². The molecule has 30 heavy (non-hydrogen) atoms. The number of benzene rings is 2. The number of nitrogens with zero attached hydrogens (tertiary/aromatic N) is 1. The molecule has 0 bridgehead atoms. The third-order valence-electron chi connectivity index (χ3n) is 5.63. The Balaban J connectivity index is 1.89. The first-order chi connectivity index (χ1) is 14.2. The van der Waals surface area contributed by atoms with E-state index in [0.717, 1.165) is 29.3 Å². The molecule has 2 aromatic carbocycles. The number of alkyl halides is 3. The SMILES string of the molecule is Cc1cccc(C2CC(=O)N(c3cc(C(F)(F)F)ccc3Cl)C3=C2C(=O)CCC3)c1. The van der Waals surface area contributed by atoms with Crippen molar-refractivity contribution in [2.75, 3.05) is 4.90 Å². The fourth-order valence-corrected chi connectivity index (χ4v) is 4.51. The number of hydrogen-bond donors (Lipinski definition) is 0. The molecule has 0 saturated heterocycles. The predicted molar refractivity (Wildman–Crippen MR) is 108 cm³/mol. The maximum absolute atomic E-state index is 13.3. The van der Waals surface area contributed by atoms with E-state index in [1.807, 2.05) is 31.2 Å². The lowest BCUT2D eigenvalue weighted by atomic mass is 9.77. The molecule has 1 amide bonds. The third kappa shape index (κ3) is 3.65. The van der Waals surface area contributed by atoms with E-state index in [-0.39, 0.29) is 28.8 Å². The summed E-state index contributed by atoms with van der Waals surface area (Å²) in [6, 6.07) is 10.5. The van der Waals surface area contributed by atoms with Crippen molar-refractivity contribution in [3.8, 4) is 0 Å². The van der Waals surface area contributed by atoms with E-state index in [2.05, 4.69) is 0 Å². The summed E-state index contributed by atoms with van der Waals surface area (Å²) in [5.74, 6) is -0.833. The van der Waals surface area contributed by atoms with Crippen molar-refractivity contribution < 1.29 is 22.8 Å². The van der Waals surface area contributed by atoms with Gasteiger partial charge in [-0.05, 0) is 43.5 Å². The highest BCUT2D eigenvalue weighted by atomic mass is 35.5. The highest BCUT2D eigenvalue weighted by Crippen LogP contribution is 2.46. The average Bonchev–Trinajstić information content (AvgIpc) is 2.67. The highest BCUT2D eigenvalue weighted by molar-refractivity contribution is 6.34. The first-order valence-corrected chi connectivity index (χ1v) is 10.1. The third-order valence-corrected chi connectivity index (χ3v) is 5.95. The van der Waals surface area contributed by atoms with Crippen LogP contribution in [0.5, 0.6) is 0 Å². The fourth-order valence-electron chi connectivity index (χ4n) is 4.30. The number of aryl methyl sites for hydroxylation is 1. The summed E-state index contributed by atoms with van der Waals surface area (Å²) in [6.07, 6.45) is -3.23. The van der Waals surface area contributed by atoms with Gasteiger partial charge in [-0.15, -0.1) is 0 Å². The molecule has 3 nitrogen and oxygen atoms in total. The zero-order valence-electron chi connectivity index (χ0n) is 16.2. The number of ketones is 1. The molecule has 0 spiro atoms. The van der Waals surface area contributed by atoms with Crippen LogP contribution in [-0.2, 0) is 15.8 Å². The molecule has 0 saturated carbocycles. The van der Waals surface area contributed by atoms with Crippen molar-refractivity contribution >= 4 is 29.0 Å². The summed E-state index contributed by atoms with van der Waals surface area (Å²) in [6.45, 7) is 1.93. The lowest BCUT2D eigenvalue weighted by Gasteiger charge is -2.38. The highest BCUT2D eigenvalue weighted by Gasteiger charge is 2.41. The zero-order valence-corrected chi connectivity index (χ0v) is 17.0. The van der Waals surface area contributed by atoms with Crippen LogP contribution in [0.2, 0.25) is 5.02 Å². The van der Waals surface area contributed by atoms with E-state index in [1.54, 1.807) is 0 Å². The van der Waals surface area contributed by atoms with Crippen LogP contribution in [0.3, 0.4) is 0 Å². The largest absolute Gasteiger partial charge is 0.416 e. The summed E-state index contributed by atoms with van der Waals surface area (Å²) in [7, 11) is 0. The summed E-state index contributed by atoms with van der Waals surface area (Å²) in [5.41, 5.74) is 1.94. The van der Waals surface area contributed by atoms with Gasteiger partial charge in [-0.1, -0.05) is 41.4 Å². The molecule has 4 rings (SSSR count). The van der Waals surface area contributed by atoms with E-state index in [0.29, 0.717) is 30.5 Å². The van der Waals surface area contributed by atoms with Crippen molar-refractivity contribution in [1.29, 1.82) is 0 Å². The van der Waals surface area contributed by atoms with Gasteiger partial charge in [0.05, 0.1) is 16.3 Å². The molecule has 1 heterocycles. The van der Waals surface area contributed by atoms with Crippen LogP contribution in [0.4, 0.5) is 18.9 Å². The van der Waals surface area contributed by atoms with Gasteiger partial charge in [0.25, 0.3) is 0 Å². The quantitative estimate of drug-likeness (QED) is 0.566. The van der Waals surface area contributed by atoms with Crippen molar-refractivity contribution in [2.24, 2.45) is 0 Å². The first-order valence-electron chi connectivity index (χ1n) is 9.69. The van der Waals surface area contributed by atoms with Gasteiger partial charge in [-0.3, -0.25) is 14.5 Å². The van der Waals surface area contributed by atoms with Gasteiger partial charge in [0, 0.05) is 30.0 Å². The van der Waals surface area contributed by atoms with Gasteiger partial charge in [0.1, 0.15) is 0 Å². The van der Waals surface area contributed by atoms with E-state index in [1.165, 1.54) is 4.90 Å². The molecular weight excluding hydrogens is 415 g/mol. The number of allylic oxidation sites excluding steroid dienone is 2. The fraction of sp³-hybridized carbons (Fsp3) is 0.304. The van der Waals surface area contributed by atoms with Crippen LogP contribution >= 0.6 is 11.6 Å². The van der Waals surface area contributed by atoms with Crippen LogP contribution in [0, 0.1) is 6.92 Å². The maximum atomic E-state index is 13.3. The Hall–Kier alpha value is -2.60. The number of Topliss-reactive ketones (excluding diaryl/α,β-unsaturated/α-hetero) is 1. The van der Waals surface area contributed by atoms with Crippen molar-refractivity contribution in [3.63, 3.8) is 0 Å². The molecule has 156 valence electrons. The number of halogens is 4. The summed E-state index contributed by atoms with van der Waals surface area (Å²) in [4.78, 5) is 27.3. The summed E-state index contributed by atoms with van der Waals surface area (Å²) < 4.78 is 39.8. The second-order valence-corrected chi connectivity index (χ2v) is 8.11. The molecule has 0 aromatic heterocycles. The normalized spacial score (nSPS) is 19.9. The Bertz CT molecular complexity index is 1070. The molecule has 2 aromatic rings.